The fourth-order valence-corrected chi connectivity index (χ4v) is 14.1. The Kier molecular flexibility index (Phi) is 48.2. The van der Waals surface area contributed by atoms with Crippen molar-refractivity contribution in [2.45, 2.75) is 329 Å². The molecule has 34 N–H and O–H groups in total. The highest BCUT2D eigenvalue weighted by molar-refractivity contribution is 5.97. The molecule has 0 bridgehead atoms. The van der Waals surface area contributed by atoms with Gasteiger partial charge in [-0.2, -0.15) is 0 Å². The molecule has 760 valence electrons. The van der Waals surface area contributed by atoms with Crippen LogP contribution in [0.1, 0.15) is 139 Å². The number of aliphatic hydroxyl groups is 10. The standard InChI is InChI=1S/C77H128N18O39/c1-28(84-69(118)31(4)127-61-53(89-35(8)102)74(125)129-45(26-98)59(61)133-76-51(87-33(6)100)57(110)55(108)43(24-96)131-76)66(115)93-38(63(79)112)16-18-47(104)91-40(14-10-12-20-82-49(106)22-37(78)72(121)122)71(120)86-30(3)68(117)95-42(65(81)114)23-50(107)83-21-13-11-15-41(73(123)124)92-48(105)19-17-39(64(80)113)94-67(116)29(2)85-70(119)32(5)128-62-54(90-36(9)103)75(126)130-46(27-99)60(62)134-77-52(88-34(7)101)58(111)56(109)44(25-97)132-77/h28-32,37-46,51-62,74-77,96-99,108-111,125-126H,10-27,78H2,1-9H3,(H2,79,112)(H2,80,113)(H2,81,114)(H,82,106)(H,83,107)(H,84,118)(H,85,119)(H,86,120)(H,87,100)(H,88,101)(H,89,102)(H,90,103)(H,91,104)(H,92,105)(H,93,115)(H,94,116)(H,95,117)(H,121,122)(H,123,124). The van der Waals surface area contributed by atoms with Crippen LogP contribution in [0.3, 0.4) is 0 Å². The van der Waals surface area contributed by atoms with Gasteiger partial charge in [-0.25, -0.2) is 4.79 Å². The fraction of sp³-hybridized carbons (Fsp3) is 0.753. The smallest absolute Gasteiger partial charge is 0.326 e. The van der Waals surface area contributed by atoms with Crippen LogP contribution in [0, 0.1) is 0 Å². The van der Waals surface area contributed by atoms with Gasteiger partial charge in [-0.15, -0.1) is 0 Å². The molecule has 4 rings (SSSR count). The van der Waals surface area contributed by atoms with E-state index in [4.69, 9.17) is 65.9 Å². The van der Waals surface area contributed by atoms with Gasteiger partial charge in [-0.3, -0.25) is 86.3 Å². The topological polar surface area (TPSA) is 913 Å². The zero-order valence-electron chi connectivity index (χ0n) is 74.8. The van der Waals surface area contributed by atoms with E-state index < -0.39 is 366 Å². The van der Waals surface area contributed by atoms with Gasteiger partial charge >= 0.3 is 11.9 Å². The molecule has 0 aromatic heterocycles. The molecule has 4 fully saturated rings. The number of ether oxygens (including phenoxy) is 8. The number of carboxylic acid groups (broad SMARTS) is 2. The van der Waals surface area contributed by atoms with Gasteiger partial charge in [0.1, 0.15) is 164 Å². The molecule has 0 aliphatic carbocycles. The second-order valence-electron chi connectivity index (χ2n) is 32.3. The molecule has 0 aromatic rings. The van der Waals surface area contributed by atoms with Crippen molar-refractivity contribution in [3.63, 3.8) is 0 Å². The van der Waals surface area contributed by atoms with Crippen molar-refractivity contribution in [2.75, 3.05) is 39.5 Å². The maximum absolute atomic E-state index is 14.0. The average Bonchev–Trinajstić information content (AvgIpc) is 0.775. The number of carbonyl (C=O) groups is 19. The van der Waals surface area contributed by atoms with Crippen molar-refractivity contribution < 1.29 is 190 Å². The Bertz CT molecular complexity index is 4030. The maximum atomic E-state index is 14.0. The Balaban J connectivity index is 1.33. The van der Waals surface area contributed by atoms with Gasteiger partial charge in [-0.1, -0.05) is 0 Å². The number of rotatable bonds is 55. The van der Waals surface area contributed by atoms with Gasteiger partial charge in [0.25, 0.3) is 0 Å². The minimum absolute atomic E-state index is 0.00486. The summed E-state index contributed by atoms with van der Waals surface area (Å²) in [5.74, 6) is -19.6. The molecule has 31 unspecified atom stereocenters. The van der Waals surface area contributed by atoms with E-state index in [0.717, 1.165) is 62.3 Å². The molecule has 134 heavy (non-hydrogen) atoms. The Morgan fingerprint density at radius 1 is 0.343 bits per heavy atom. The summed E-state index contributed by atoms with van der Waals surface area (Å²) in [5.41, 5.74) is 22.2. The lowest BCUT2D eigenvalue weighted by molar-refractivity contribution is -0.333. The van der Waals surface area contributed by atoms with E-state index in [1.165, 1.54) is 0 Å². The quantitative estimate of drug-likeness (QED) is 0.0251. The van der Waals surface area contributed by atoms with E-state index in [-0.39, 0.29) is 51.6 Å². The molecular formula is C77H128N18O39. The van der Waals surface area contributed by atoms with Crippen LogP contribution in [0.5, 0.6) is 0 Å². The normalized spacial score (nSPS) is 27.4. The summed E-state index contributed by atoms with van der Waals surface area (Å²) in [5, 5.41) is 158. The van der Waals surface area contributed by atoms with Crippen molar-refractivity contribution in [1.29, 1.82) is 0 Å². The number of aliphatic hydroxyl groups excluding tert-OH is 10. The summed E-state index contributed by atoms with van der Waals surface area (Å²) in [6.45, 7) is 6.00. The predicted octanol–water partition coefficient (Wildman–Crippen LogP) is -16.6. The van der Waals surface area contributed by atoms with E-state index in [9.17, 15) is 147 Å². The zero-order chi connectivity index (χ0) is 101. The number of carboxylic acids is 2. The zero-order valence-corrected chi connectivity index (χ0v) is 74.8. The second-order valence-corrected chi connectivity index (χ2v) is 32.3. The second kappa shape index (κ2) is 55.9. The number of unbranched alkanes of at least 4 members (excludes halogenated alkanes) is 2. The van der Waals surface area contributed by atoms with E-state index in [1.807, 2.05) is 0 Å². The van der Waals surface area contributed by atoms with Crippen molar-refractivity contribution in [3.05, 3.63) is 0 Å². The van der Waals surface area contributed by atoms with Crippen LogP contribution in [0.25, 0.3) is 0 Å². The van der Waals surface area contributed by atoms with Crippen LogP contribution < -0.4 is 97.4 Å². The first-order valence-corrected chi connectivity index (χ1v) is 42.7. The molecule has 57 heteroatoms. The van der Waals surface area contributed by atoms with Crippen LogP contribution in [-0.4, -0.2) is 402 Å². The summed E-state index contributed by atoms with van der Waals surface area (Å²) in [4.78, 5) is 245. The van der Waals surface area contributed by atoms with Gasteiger partial charge in [-0.05, 0) is 86.0 Å². The van der Waals surface area contributed by atoms with E-state index in [0.29, 0.717) is 0 Å². The van der Waals surface area contributed by atoms with E-state index in [1.54, 1.807) is 0 Å². The predicted molar refractivity (Wildman–Crippen MR) is 445 cm³/mol. The fourth-order valence-electron chi connectivity index (χ4n) is 14.1. The molecule has 0 spiro atoms. The molecule has 0 saturated carbocycles. The van der Waals surface area contributed by atoms with Crippen LogP contribution >= 0.6 is 0 Å². The third-order valence-electron chi connectivity index (χ3n) is 21.4. The van der Waals surface area contributed by atoms with E-state index >= 15 is 0 Å². The van der Waals surface area contributed by atoms with Gasteiger partial charge in [0, 0.05) is 53.6 Å². The molecule has 0 radical (unpaired) electrons. The lowest BCUT2D eigenvalue weighted by atomic mass is 9.94. The summed E-state index contributed by atoms with van der Waals surface area (Å²) in [6, 6.07) is -20.7. The maximum Gasteiger partial charge on any atom is 0.326 e. The van der Waals surface area contributed by atoms with Crippen LogP contribution in [-0.2, 0) is 129 Å². The lowest BCUT2D eigenvalue weighted by Gasteiger charge is -2.48. The van der Waals surface area contributed by atoms with Crippen molar-refractivity contribution in [2.24, 2.45) is 22.9 Å². The number of nitrogens with one attached hydrogen (secondary N) is 14. The largest absolute Gasteiger partial charge is 0.480 e. The first-order chi connectivity index (χ1) is 62.8. The third-order valence-corrected chi connectivity index (χ3v) is 21.4. The Labute approximate surface area is 765 Å². The molecule has 31 atom stereocenters. The number of amides is 17. The summed E-state index contributed by atoms with van der Waals surface area (Å²) in [6.07, 6.45) is -35.1. The molecule has 0 aromatic carbocycles. The molecular weight excluding hydrogens is 1800 g/mol. The molecule has 4 heterocycles. The van der Waals surface area contributed by atoms with Crippen molar-refractivity contribution >= 4 is 112 Å². The van der Waals surface area contributed by atoms with Crippen LogP contribution in [0.2, 0.25) is 0 Å². The summed E-state index contributed by atoms with van der Waals surface area (Å²) in [7, 11) is 0. The highest BCUT2D eigenvalue weighted by Crippen LogP contribution is 2.34. The first-order valence-electron chi connectivity index (χ1n) is 42.7. The number of carbonyl (C=O) groups excluding carboxylic acids is 17. The molecule has 4 saturated heterocycles. The molecule has 17 amide bonds. The van der Waals surface area contributed by atoms with Gasteiger partial charge in [0.2, 0.25) is 100 Å². The minimum atomic E-state index is -1.97. The van der Waals surface area contributed by atoms with Gasteiger partial charge in [0.15, 0.2) is 25.2 Å². The van der Waals surface area contributed by atoms with Crippen molar-refractivity contribution in [1.82, 2.24) is 74.4 Å². The SMILES string of the molecule is CC(=O)NC1C(OC2C(CO)OC(O)C(NC(C)=O)C2OC(C)C(=O)NC(C)C(=O)NC(CCC(=O)NC(CCCCNC(=O)CC(NC(=O)C(C)NC(=O)C(CCCCNC(=O)CC(N)C(=O)O)NC(=O)CCC(NC(=O)C(C)NC(=O)C(C)OC2C(NC(C)=O)C(O)OC(CO)C2OC2OC(CO)C(O)C(O)C2NC(C)=O)C(N)=O)C(N)=O)C(=O)O)C(N)=O)OC(CO)C(O)C1O. The van der Waals surface area contributed by atoms with Crippen LogP contribution in [0.4, 0.5) is 0 Å². The van der Waals surface area contributed by atoms with Gasteiger partial charge < -0.3 is 197 Å². The number of nitrogens with two attached hydrogens (primary N) is 4. The molecule has 4 aliphatic heterocycles. The lowest BCUT2D eigenvalue weighted by Crippen LogP contribution is -2.70. The number of primary amides is 3. The summed E-state index contributed by atoms with van der Waals surface area (Å²) >= 11 is 0. The highest BCUT2D eigenvalue weighted by atomic mass is 16.7. The summed E-state index contributed by atoms with van der Waals surface area (Å²) < 4.78 is 46.6. The number of hydrogen-bond acceptors (Lipinski definition) is 38. The third kappa shape index (κ3) is 36.4. The number of hydrogen-bond donors (Lipinski definition) is 30. The monoisotopic (exact) mass is 1930 g/mol. The Hall–Kier alpha value is -10.8. The Morgan fingerprint density at radius 3 is 1.01 bits per heavy atom. The molecule has 57 nitrogen and oxygen atoms in total. The highest BCUT2D eigenvalue weighted by Gasteiger charge is 2.56. The van der Waals surface area contributed by atoms with E-state index in [2.05, 4.69) is 74.4 Å². The average molecular weight is 1930 g/mol. The first kappa shape index (κ1) is 115. The number of aliphatic carboxylic acids is 2. The Morgan fingerprint density at radius 2 is 0.672 bits per heavy atom. The van der Waals surface area contributed by atoms with Crippen molar-refractivity contribution in [3.8, 4) is 0 Å². The van der Waals surface area contributed by atoms with Gasteiger partial charge in [0.05, 0.1) is 39.3 Å². The molecule has 4 aliphatic rings. The van der Waals surface area contributed by atoms with Crippen LogP contribution in [0.15, 0.2) is 0 Å². The minimum Gasteiger partial charge on any atom is -0.480 e.